The molecule has 0 aliphatic rings. The molecule has 0 atom stereocenters. The fourth-order valence-corrected chi connectivity index (χ4v) is 1.23. The lowest BCUT2D eigenvalue weighted by molar-refractivity contribution is -0.225. The molecule has 0 aliphatic carbocycles. The monoisotopic (exact) mass is 238 g/mol. The number of phenols is 1. The van der Waals surface area contributed by atoms with Gasteiger partial charge in [0.1, 0.15) is 5.75 Å². The molecule has 0 aromatic heterocycles. The average molecular weight is 238 g/mol. The lowest BCUT2D eigenvalue weighted by Crippen LogP contribution is -2.29. The Balaban J connectivity index is 2.56. The molecule has 1 aromatic rings. The quantitative estimate of drug-likeness (QED) is 0.632. The molecule has 0 spiro atoms. The molecule has 0 unspecified atom stereocenters. The molecular formula is C13H18O4. The molecule has 0 aliphatic heterocycles. The first-order valence-corrected chi connectivity index (χ1v) is 5.70. The van der Waals surface area contributed by atoms with E-state index in [0.717, 1.165) is 0 Å². The lowest BCUT2D eigenvalue weighted by Gasteiger charge is -2.22. The first-order valence-electron chi connectivity index (χ1n) is 5.70. The van der Waals surface area contributed by atoms with Crippen LogP contribution in [-0.4, -0.2) is 11.1 Å². The van der Waals surface area contributed by atoms with Crippen molar-refractivity contribution in [1.29, 1.82) is 0 Å². The number of rotatable bonds is 5. The van der Waals surface area contributed by atoms with E-state index in [1.54, 1.807) is 0 Å². The van der Waals surface area contributed by atoms with Gasteiger partial charge >= 0.3 is 5.97 Å². The summed E-state index contributed by atoms with van der Waals surface area (Å²) in [4.78, 5) is 21.5. The van der Waals surface area contributed by atoms with Crippen LogP contribution in [-0.2, 0) is 9.68 Å². The van der Waals surface area contributed by atoms with Crippen LogP contribution in [0.1, 0.15) is 33.6 Å². The third kappa shape index (κ3) is 3.37. The maximum Gasteiger partial charge on any atom is 0.361 e. The van der Waals surface area contributed by atoms with E-state index in [4.69, 9.17) is 14.9 Å². The zero-order chi connectivity index (χ0) is 12.9. The van der Waals surface area contributed by atoms with Crippen molar-refractivity contribution in [1.82, 2.24) is 0 Å². The van der Waals surface area contributed by atoms with Gasteiger partial charge in [0.15, 0.2) is 5.75 Å². The van der Waals surface area contributed by atoms with Gasteiger partial charge in [-0.3, -0.25) is 4.89 Å². The molecule has 0 bridgehead atoms. The Morgan fingerprint density at radius 1 is 1.24 bits per heavy atom. The number of carbonyl (C=O) groups excluding carboxylic acids is 1. The summed E-state index contributed by atoms with van der Waals surface area (Å²) in [5.41, 5.74) is -0.517. The number of phenolic OH excluding ortho intramolecular Hbond substituents is 1. The summed E-state index contributed by atoms with van der Waals surface area (Å²) in [7, 11) is 0. The molecule has 4 nitrogen and oxygen atoms in total. The van der Waals surface area contributed by atoms with Crippen LogP contribution >= 0.6 is 0 Å². The summed E-state index contributed by atoms with van der Waals surface area (Å²) < 4.78 is 0. The van der Waals surface area contributed by atoms with Crippen molar-refractivity contribution in [2.75, 3.05) is 0 Å². The number of benzene rings is 1. The second-order valence-electron chi connectivity index (χ2n) is 4.22. The highest BCUT2D eigenvalue weighted by molar-refractivity contribution is 5.75. The van der Waals surface area contributed by atoms with Crippen molar-refractivity contribution in [3.05, 3.63) is 24.3 Å². The van der Waals surface area contributed by atoms with E-state index < -0.39 is 5.41 Å². The SMILES string of the molecule is CCC(C)(CC)C(=O)OOc1ccc(O)cc1. The van der Waals surface area contributed by atoms with Crippen molar-refractivity contribution >= 4 is 5.97 Å². The van der Waals surface area contributed by atoms with Crippen molar-refractivity contribution < 1.29 is 19.7 Å². The highest BCUT2D eigenvalue weighted by Gasteiger charge is 2.32. The van der Waals surface area contributed by atoms with Crippen LogP contribution in [0.3, 0.4) is 0 Å². The summed E-state index contributed by atoms with van der Waals surface area (Å²) in [6.45, 7) is 5.71. The Morgan fingerprint density at radius 2 is 1.76 bits per heavy atom. The zero-order valence-electron chi connectivity index (χ0n) is 10.4. The molecule has 1 rings (SSSR count). The Kier molecular flexibility index (Phi) is 4.37. The van der Waals surface area contributed by atoms with Crippen molar-refractivity contribution in [2.24, 2.45) is 5.41 Å². The first kappa shape index (κ1) is 13.4. The molecule has 1 N–H and O–H groups in total. The van der Waals surface area contributed by atoms with Gasteiger partial charge in [0.2, 0.25) is 0 Å². The fraction of sp³-hybridized carbons (Fsp3) is 0.462. The van der Waals surface area contributed by atoms with E-state index in [1.807, 2.05) is 20.8 Å². The molecule has 94 valence electrons. The van der Waals surface area contributed by atoms with Crippen LogP contribution in [0.4, 0.5) is 0 Å². The molecule has 0 amide bonds. The van der Waals surface area contributed by atoms with Crippen LogP contribution in [0, 0.1) is 5.41 Å². The number of hydrogen-bond donors (Lipinski definition) is 1. The second kappa shape index (κ2) is 5.57. The molecule has 0 radical (unpaired) electrons. The summed E-state index contributed by atoms with van der Waals surface area (Å²) in [5.74, 6) is 0.136. The standard InChI is InChI=1S/C13H18O4/c1-4-13(3,5-2)12(15)17-16-11-8-6-10(14)7-9-11/h6-9,14H,4-5H2,1-3H3. The molecule has 17 heavy (non-hydrogen) atoms. The minimum atomic E-state index is -0.517. The van der Waals surface area contributed by atoms with Gasteiger partial charge in [-0.05, 0) is 44.0 Å². The van der Waals surface area contributed by atoms with Gasteiger partial charge in [0.05, 0.1) is 5.41 Å². The molecule has 0 fully saturated rings. The van der Waals surface area contributed by atoms with E-state index >= 15 is 0 Å². The molecule has 0 saturated carbocycles. The highest BCUT2D eigenvalue weighted by Crippen LogP contribution is 2.27. The molecular weight excluding hydrogens is 220 g/mol. The third-order valence-corrected chi connectivity index (χ3v) is 3.10. The third-order valence-electron chi connectivity index (χ3n) is 3.10. The maximum atomic E-state index is 11.8. The van der Waals surface area contributed by atoms with Crippen LogP contribution in [0.25, 0.3) is 0 Å². The van der Waals surface area contributed by atoms with Gasteiger partial charge in [-0.1, -0.05) is 13.8 Å². The summed E-state index contributed by atoms with van der Waals surface area (Å²) in [5, 5.41) is 9.08. The number of aromatic hydroxyl groups is 1. The van der Waals surface area contributed by atoms with Crippen LogP contribution in [0.15, 0.2) is 24.3 Å². The Labute approximate surface area is 101 Å². The molecule has 1 aromatic carbocycles. The second-order valence-corrected chi connectivity index (χ2v) is 4.22. The topological polar surface area (TPSA) is 55.8 Å². The molecule has 0 heterocycles. The smallest absolute Gasteiger partial charge is 0.361 e. The zero-order valence-corrected chi connectivity index (χ0v) is 10.4. The van der Waals surface area contributed by atoms with Gasteiger partial charge in [-0.15, -0.1) is 0 Å². The lowest BCUT2D eigenvalue weighted by atomic mass is 9.85. The van der Waals surface area contributed by atoms with Gasteiger partial charge in [-0.2, -0.15) is 0 Å². The van der Waals surface area contributed by atoms with Gasteiger partial charge in [0, 0.05) is 0 Å². The number of carbonyl (C=O) groups is 1. The van der Waals surface area contributed by atoms with E-state index in [0.29, 0.717) is 18.6 Å². The predicted octanol–water partition coefficient (Wildman–Crippen LogP) is 3.06. The van der Waals surface area contributed by atoms with Crippen molar-refractivity contribution in [3.8, 4) is 11.5 Å². The molecule has 4 heteroatoms. The minimum Gasteiger partial charge on any atom is -0.508 e. The Morgan fingerprint density at radius 3 is 2.24 bits per heavy atom. The maximum absolute atomic E-state index is 11.8. The van der Waals surface area contributed by atoms with Crippen LogP contribution in [0.2, 0.25) is 0 Å². The minimum absolute atomic E-state index is 0.135. The van der Waals surface area contributed by atoms with Crippen molar-refractivity contribution in [3.63, 3.8) is 0 Å². The summed E-state index contributed by atoms with van der Waals surface area (Å²) >= 11 is 0. The van der Waals surface area contributed by atoms with E-state index in [9.17, 15) is 4.79 Å². The molecule has 0 saturated heterocycles. The first-order chi connectivity index (χ1) is 8.01. The van der Waals surface area contributed by atoms with E-state index in [1.165, 1.54) is 24.3 Å². The van der Waals surface area contributed by atoms with Crippen LogP contribution < -0.4 is 4.89 Å². The summed E-state index contributed by atoms with van der Waals surface area (Å²) in [6, 6.07) is 5.97. The Hall–Kier alpha value is -1.71. The van der Waals surface area contributed by atoms with Gasteiger partial charge < -0.3 is 5.11 Å². The normalized spacial score (nSPS) is 11.0. The highest BCUT2D eigenvalue weighted by atomic mass is 17.2. The van der Waals surface area contributed by atoms with Gasteiger partial charge in [-0.25, -0.2) is 9.68 Å². The van der Waals surface area contributed by atoms with E-state index in [-0.39, 0.29) is 11.7 Å². The van der Waals surface area contributed by atoms with Crippen molar-refractivity contribution in [2.45, 2.75) is 33.6 Å². The number of hydrogen-bond acceptors (Lipinski definition) is 4. The van der Waals surface area contributed by atoms with Gasteiger partial charge in [0.25, 0.3) is 0 Å². The summed E-state index contributed by atoms with van der Waals surface area (Å²) in [6.07, 6.45) is 1.39. The average Bonchev–Trinajstić information content (AvgIpc) is 2.36. The predicted molar refractivity (Wildman–Crippen MR) is 63.5 cm³/mol. The van der Waals surface area contributed by atoms with Crippen LogP contribution in [0.5, 0.6) is 11.5 Å². The fourth-order valence-electron chi connectivity index (χ4n) is 1.23. The van der Waals surface area contributed by atoms with E-state index in [2.05, 4.69) is 0 Å². The Bertz CT molecular complexity index is 366. The largest absolute Gasteiger partial charge is 0.508 e.